The number of aryl methyl sites for hydroxylation is 2. The number of phenols is 1. The topological polar surface area (TPSA) is 69.2 Å². The van der Waals surface area contributed by atoms with E-state index in [9.17, 15) is 9.90 Å². The summed E-state index contributed by atoms with van der Waals surface area (Å²) in [4.78, 5) is 24.6. The van der Waals surface area contributed by atoms with E-state index >= 15 is 0 Å². The number of rotatable bonds is 1. The van der Waals surface area contributed by atoms with E-state index in [2.05, 4.69) is 16.9 Å². The highest BCUT2D eigenvalue weighted by Gasteiger charge is 2.22. The van der Waals surface area contributed by atoms with Gasteiger partial charge in [-0.1, -0.05) is 0 Å². The van der Waals surface area contributed by atoms with Gasteiger partial charge in [-0.25, -0.2) is 4.98 Å². The zero-order chi connectivity index (χ0) is 17.0. The summed E-state index contributed by atoms with van der Waals surface area (Å²) in [5.74, 6) is 0.849. The number of phenolic OH excluding ortho intramolecular Hbond substituents is 1. The summed E-state index contributed by atoms with van der Waals surface area (Å²) in [7, 11) is 2.10. The summed E-state index contributed by atoms with van der Waals surface area (Å²) >= 11 is 1.62. The van der Waals surface area contributed by atoms with E-state index in [1.165, 1.54) is 4.88 Å². The third kappa shape index (κ3) is 2.34. The highest BCUT2D eigenvalue weighted by atomic mass is 32.1. The fraction of sp³-hybridized carbons (Fsp3) is 0.333. The van der Waals surface area contributed by atoms with Crippen molar-refractivity contribution in [2.75, 3.05) is 13.6 Å². The Balaban J connectivity index is 1.92. The molecule has 3 heterocycles. The van der Waals surface area contributed by atoms with Gasteiger partial charge in [0.15, 0.2) is 0 Å². The second kappa shape index (κ2) is 5.43. The Bertz CT molecular complexity index is 996. The minimum atomic E-state index is -0.0690. The number of nitrogens with zero attached hydrogens (tertiary/aromatic N) is 2. The first-order chi connectivity index (χ1) is 11.4. The standard InChI is InChI=1S/C18H19N3O2S/c1-9-6-11(7-10(2)15(9)22)16-19-17(23)14-12-4-5-21(3)8-13(12)24-18(14)20-16/h6-7,22H,4-5,8H2,1-3H3,(H,19,20,23). The molecule has 0 fully saturated rings. The van der Waals surface area contributed by atoms with Crippen molar-refractivity contribution in [1.29, 1.82) is 0 Å². The molecule has 0 spiro atoms. The molecule has 4 rings (SSSR count). The number of likely N-dealkylation sites (N-methyl/N-ethyl adjacent to an activating group) is 1. The zero-order valence-electron chi connectivity index (χ0n) is 13.9. The van der Waals surface area contributed by atoms with Crippen LogP contribution in [0.5, 0.6) is 5.75 Å². The summed E-state index contributed by atoms with van der Waals surface area (Å²) in [5.41, 5.74) is 3.47. The number of hydrogen-bond acceptors (Lipinski definition) is 5. The number of H-pyrrole nitrogens is 1. The van der Waals surface area contributed by atoms with Crippen LogP contribution in [0.1, 0.15) is 21.6 Å². The number of aromatic hydroxyl groups is 1. The lowest BCUT2D eigenvalue weighted by atomic mass is 10.0. The van der Waals surface area contributed by atoms with E-state index < -0.39 is 0 Å². The van der Waals surface area contributed by atoms with Crippen molar-refractivity contribution in [3.05, 3.63) is 44.1 Å². The third-order valence-electron chi connectivity index (χ3n) is 4.67. The Morgan fingerprint density at radius 3 is 2.71 bits per heavy atom. The van der Waals surface area contributed by atoms with Gasteiger partial charge in [0.25, 0.3) is 5.56 Å². The van der Waals surface area contributed by atoms with Crippen LogP contribution in [0.25, 0.3) is 21.6 Å². The summed E-state index contributed by atoms with van der Waals surface area (Å²) in [6, 6.07) is 3.71. The molecule has 3 aromatic rings. The number of thiophene rings is 1. The number of nitrogens with one attached hydrogen (secondary N) is 1. The van der Waals surface area contributed by atoms with Crippen LogP contribution in [0, 0.1) is 13.8 Å². The number of aromatic nitrogens is 2. The lowest BCUT2D eigenvalue weighted by molar-refractivity contribution is 0.318. The van der Waals surface area contributed by atoms with Crippen molar-refractivity contribution in [3.8, 4) is 17.1 Å². The molecular formula is C18H19N3O2S. The van der Waals surface area contributed by atoms with E-state index in [1.807, 2.05) is 26.0 Å². The highest BCUT2D eigenvalue weighted by molar-refractivity contribution is 7.18. The van der Waals surface area contributed by atoms with Crippen LogP contribution in [-0.2, 0) is 13.0 Å². The van der Waals surface area contributed by atoms with Crippen LogP contribution < -0.4 is 5.56 Å². The molecule has 1 aliphatic heterocycles. The second-order valence-corrected chi connectivity index (χ2v) is 7.63. The Hall–Kier alpha value is -2.18. The number of hydrogen-bond donors (Lipinski definition) is 2. The predicted octanol–water partition coefficient (Wildman–Crippen LogP) is 2.96. The van der Waals surface area contributed by atoms with Gasteiger partial charge < -0.3 is 15.0 Å². The van der Waals surface area contributed by atoms with Gasteiger partial charge in [-0.05, 0) is 56.1 Å². The molecule has 0 unspecified atom stereocenters. The van der Waals surface area contributed by atoms with Gasteiger partial charge in [-0.2, -0.15) is 0 Å². The maximum atomic E-state index is 12.7. The first kappa shape index (κ1) is 15.4. The molecule has 5 nitrogen and oxygen atoms in total. The fourth-order valence-corrected chi connectivity index (χ4v) is 4.66. The quantitative estimate of drug-likeness (QED) is 0.714. The molecule has 24 heavy (non-hydrogen) atoms. The van der Waals surface area contributed by atoms with Crippen LogP contribution >= 0.6 is 11.3 Å². The van der Waals surface area contributed by atoms with Crippen molar-refractivity contribution in [2.24, 2.45) is 0 Å². The van der Waals surface area contributed by atoms with Gasteiger partial charge in [0.2, 0.25) is 0 Å². The Kier molecular flexibility index (Phi) is 3.47. The van der Waals surface area contributed by atoms with Crippen molar-refractivity contribution in [2.45, 2.75) is 26.8 Å². The van der Waals surface area contributed by atoms with E-state index in [-0.39, 0.29) is 11.3 Å². The molecule has 0 bridgehead atoms. The zero-order valence-corrected chi connectivity index (χ0v) is 14.8. The van der Waals surface area contributed by atoms with Gasteiger partial charge in [0.1, 0.15) is 16.4 Å². The van der Waals surface area contributed by atoms with Gasteiger partial charge in [0.05, 0.1) is 5.39 Å². The number of benzene rings is 1. The van der Waals surface area contributed by atoms with Crippen molar-refractivity contribution in [1.82, 2.24) is 14.9 Å². The molecule has 6 heteroatoms. The Morgan fingerprint density at radius 1 is 1.29 bits per heavy atom. The molecule has 0 amide bonds. The highest BCUT2D eigenvalue weighted by Crippen LogP contribution is 2.33. The SMILES string of the molecule is Cc1cc(-c2nc3sc4c(c3c(=O)[nH]2)CCN(C)C4)cc(C)c1O. The minimum Gasteiger partial charge on any atom is -0.507 e. The molecule has 2 aromatic heterocycles. The summed E-state index contributed by atoms with van der Waals surface area (Å²) in [5, 5.41) is 10.7. The first-order valence-corrected chi connectivity index (χ1v) is 8.79. The van der Waals surface area contributed by atoms with E-state index in [1.54, 1.807) is 11.3 Å². The van der Waals surface area contributed by atoms with Crippen LogP contribution in [0.3, 0.4) is 0 Å². The van der Waals surface area contributed by atoms with Gasteiger partial charge in [0, 0.05) is 23.5 Å². The largest absolute Gasteiger partial charge is 0.507 e. The molecular weight excluding hydrogens is 322 g/mol. The molecule has 0 radical (unpaired) electrons. The average molecular weight is 341 g/mol. The number of aromatic amines is 1. The van der Waals surface area contributed by atoms with Crippen LogP contribution in [0.15, 0.2) is 16.9 Å². The molecule has 0 saturated heterocycles. The van der Waals surface area contributed by atoms with Gasteiger partial charge >= 0.3 is 0 Å². The van der Waals surface area contributed by atoms with Crippen LogP contribution in [-0.4, -0.2) is 33.6 Å². The molecule has 0 aliphatic carbocycles. The maximum absolute atomic E-state index is 12.7. The number of fused-ring (bicyclic) bond motifs is 3. The Morgan fingerprint density at radius 2 is 2.00 bits per heavy atom. The molecule has 2 N–H and O–H groups in total. The van der Waals surface area contributed by atoms with Crippen LogP contribution in [0.2, 0.25) is 0 Å². The van der Waals surface area contributed by atoms with Crippen LogP contribution in [0.4, 0.5) is 0 Å². The third-order valence-corrected chi connectivity index (χ3v) is 5.78. The molecule has 1 aromatic carbocycles. The monoisotopic (exact) mass is 341 g/mol. The summed E-state index contributed by atoms with van der Waals surface area (Å²) < 4.78 is 0. The summed E-state index contributed by atoms with van der Waals surface area (Å²) in [6.07, 6.45) is 0.896. The maximum Gasteiger partial charge on any atom is 0.260 e. The first-order valence-electron chi connectivity index (χ1n) is 7.97. The lowest BCUT2D eigenvalue weighted by Crippen LogP contribution is -2.25. The predicted molar refractivity (Wildman–Crippen MR) is 96.9 cm³/mol. The lowest BCUT2D eigenvalue weighted by Gasteiger charge is -2.21. The van der Waals surface area contributed by atoms with E-state index in [0.717, 1.165) is 52.0 Å². The fourth-order valence-electron chi connectivity index (χ4n) is 3.36. The second-order valence-electron chi connectivity index (χ2n) is 6.54. The normalized spacial score (nSPS) is 15.0. The molecule has 0 saturated carbocycles. The van der Waals surface area contributed by atoms with E-state index in [0.29, 0.717) is 5.82 Å². The van der Waals surface area contributed by atoms with Crippen molar-refractivity contribution in [3.63, 3.8) is 0 Å². The van der Waals surface area contributed by atoms with Gasteiger partial charge in [-0.3, -0.25) is 4.79 Å². The average Bonchev–Trinajstić information content (AvgIpc) is 2.89. The molecule has 0 atom stereocenters. The Labute approximate surface area is 143 Å². The summed E-state index contributed by atoms with van der Waals surface area (Å²) in [6.45, 7) is 5.54. The molecule has 1 aliphatic rings. The van der Waals surface area contributed by atoms with Crippen molar-refractivity contribution >= 4 is 21.6 Å². The van der Waals surface area contributed by atoms with Gasteiger partial charge in [-0.15, -0.1) is 11.3 Å². The smallest absolute Gasteiger partial charge is 0.260 e. The molecule has 124 valence electrons. The van der Waals surface area contributed by atoms with Crippen molar-refractivity contribution < 1.29 is 5.11 Å². The van der Waals surface area contributed by atoms with E-state index in [4.69, 9.17) is 4.98 Å². The minimum absolute atomic E-state index is 0.0690.